The van der Waals surface area contributed by atoms with Gasteiger partial charge in [-0.25, -0.2) is 4.79 Å². The Labute approximate surface area is 164 Å². The smallest absolute Gasteiger partial charge is 0.414 e. The summed E-state index contributed by atoms with van der Waals surface area (Å²) in [5.41, 5.74) is 6.20. The molecule has 7 heteroatoms. The fourth-order valence-corrected chi connectivity index (χ4v) is 101. The van der Waals surface area contributed by atoms with Crippen molar-refractivity contribution < 1.29 is 9.53 Å². The molecule has 3 nitrogen and oxygen atoms in total. The van der Waals surface area contributed by atoms with E-state index < -0.39 is 29.4 Å². The predicted molar refractivity (Wildman–Crippen MR) is 125 cm³/mol. The Morgan fingerprint density at radius 3 is 1.73 bits per heavy atom. The third kappa shape index (κ3) is 3.97. The van der Waals surface area contributed by atoms with Crippen LogP contribution in [-0.2, 0) is 4.74 Å². The van der Waals surface area contributed by atoms with E-state index in [-0.39, 0.29) is 11.6 Å². The number of allylic oxidation sites excluding steroid dienone is 1. The largest absolute Gasteiger partial charge is 0.447 e. The SMILES string of the molecule is C=C=C/C(=C/[Si]([Si](C)(C)C)([Si](C)(C)C)[Si](C)(C)C)N1C(=O)OCC1(C)C. The van der Waals surface area contributed by atoms with E-state index in [1.165, 1.54) is 0 Å². The second-order valence-electron chi connectivity index (χ2n) is 11.2. The fourth-order valence-electron chi connectivity index (χ4n) is 5.59. The van der Waals surface area contributed by atoms with Crippen molar-refractivity contribution in [2.24, 2.45) is 0 Å². The van der Waals surface area contributed by atoms with E-state index in [4.69, 9.17) is 4.74 Å². The van der Waals surface area contributed by atoms with Crippen LogP contribution in [0.3, 0.4) is 0 Å². The Bertz CT molecular complexity index is 606. The number of carbonyl (C=O) groups excluding carboxylic acids is 1. The summed E-state index contributed by atoms with van der Waals surface area (Å²) in [7, 11) is -4.44. The maximum Gasteiger partial charge on any atom is 0.414 e. The van der Waals surface area contributed by atoms with Crippen LogP contribution in [0.1, 0.15) is 13.8 Å². The van der Waals surface area contributed by atoms with E-state index in [1.54, 1.807) is 0 Å². The summed E-state index contributed by atoms with van der Waals surface area (Å²) in [6, 6.07) is 0. The van der Waals surface area contributed by atoms with Crippen molar-refractivity contribution in [1.29, 1.82) is 0 Å². The zero-order chi connectivity index (χ0) is 20.8. The number of hydrogen-bond donors (Lipinski definition) is 0. The Kier molecular flexibility index (Phi) is 6.39. The maximum absolute atomic E-state index is 12.6. The molecule has 1 heterocycles. The van der Waals surface area contributed by atoms with Crippen LogP contribution in [0.15, 0.2) is 29.8 Å². The number of ether oxygens (including phenoxy) is 1. The Hall–Kier alpha value is -0.602. The van der Waals surface area contributed by atoms with Crippen LogP contribution in [0.2, 0.25) is 58.9 Å². The molecule has 0 unspecified atom stereocenters. The Morgan fingerprint density at radius 1 is 1.04 bits per heavy atom. The van der Waals surface area contributed by atoms with Crippen LogP contribution < -0.4 is 0 Å². The summed E-state index contributed by atoms with van der Waals surface area (Å²) < 4.78 is 5.41. The monoisotopic (exact) mass is 425 g/mol. The lowest BCUT2D eigenvalue weighted by molar-refractivity contribution is 0.165. The normalized spacial score (nSPS) is 19.3. The molecule has 0 radical (unpaired) electrons. The summed E-state index contributed by atoms with van der Waals surface area (Å²) in [5, 5.41) is 0. The minimum absolute atomic E-state index is 0.239. The Morgan fingerprint density at radius 2 is 1.46 bits per heavy atom. The zero-order valence-corrected chi connectivity index (χ0v) is 22.8. The molecule has 1 fully saturated rings. The van der Waals surface area contributed by atoms with E-state index in [1.807, 2.05) is 11.0 Å². The van der Waals surface area contributed by atoms with Crippen LogP contribution in [0.5, 0.6) is 0 Å². The van der Waals surface area contributed by atoms with Crippen LogP contribution >= 0.6 is 0 Å². The van der Waals surface area contributed by atoms with Gasteiger partial charge in [-0.05, 0) is 13.8 Å². The summed E-state index contributed by atoms with van der Waals surface area (Å²) in [5.74, 6) is 0. The van der Waals surface area contributed by atoms with Crippen molar-refractivity contribution in [3.05, 3.63) is 29.8 Å². The third-order valence-corrected chi connectivity index (χ3v) is 76.7. The summed E-state index contributed by atoms with van der Waals surface area (Å²) >= 11 is 0. The first-order chi connectivity index (χ1) is 11.4. The van der Waals surface area contributed by atoms with Gasteiger partial charge in [0.05, 0.1) is 12.2 Å². The lowest BCUT2D eigenvalue weighted by atomic mass is 10.1. The summed E-state index contributed by atoms with van der Waals surface area (Å²) in [4.78, 5) is 14.4. The van der Waals surface area contributed by atoms with Gasteiger partial charge in [0.25, 0.3) is 0 Å². The maximum atomic E-state index is 12.6. The number of hydrogen-bond acceptors (Lipinski definition) is 2. The van der Waals surface area contributed by atoms with Gasteiger partial charge in [0.2, 0.25) is 0 Å². The van der Waals surface area contributed by atoms with Crippen LogP contribution in [0.4, 0.5) is 4.79 Å². The second-order valence-corrected chi connectivity index (χ2v) is 51.7. The van der Waals surface area contributed by atoms with Gasteiger partial charge in [0.15, 0.2) is 0 Å². The van der Waals surface area contributed by atoms with E-state index in [9.17, 15) is 4.79 Å². The lowest BCUT2D eigenvalue weighted by Gasteiger charge is -2.56. The molecule has 1 aliphatic heterocycles. The highest BCUT2D eigenvalue weighted by Crippen LogP contribution is 2.40. The molecule has 0 atom stereocenters. The minimum atomic E-state index is -1.75. The summed E-state index contributed by atoms with van der Waals surface area (Å²) in [6.07, 6.45) is 1.67. The highest BCUT2D eigenvalue weighted by atomic mass is 29.9. The van der Waals surface area contributed by atoms with E-state index in [2.05, 4.69) is 90.8 Å². The number of amides is 1. The van der Waals surface area contributed by atoms with Crippen LogP contribution in [-0.4, -0.2) is 52.5 Å². The van der Waals surface area contributed by atoms with Crippen LogP contribution in [0, 0.1) is 0 Å². The molecule has 0 saturated carbocycles. The van der Waals surface area contributed by atoms with Gasteiger partial charge in [-0.3, -0.25) is 4.90 Å². The topological polar surface area (TPSA) is 29.5 Å². The minimum Gasteiger partial charge on any atom is -0.447 e. The van der Waals surface area contributed by atoms with Gasteiger partial charge in [0.1, 0.15) is 6.61 Å². The molecular formula is C19H39NO2Si4. The molecule has 148 valence electrons. The molecule has 0 bridgehead atoms. The van der Waals surface area contributed by atoms with Crippen molar-refractivity contribution in [3.8, 4) is 0 Å². The number of cyclic esters (lactones) is 1. The van der Waals surface area contributed by atoms with E-state index >= 15 is 0 Å². The number of rotatable bonds is 6. The molecule has 0 aromatic heterocycles. The Balaban J connectivity index is 3.89. The van der Waals surface area contributed by atoms with E-state index in [0.29, 0.717) is 6.61 Å². The summed E-state index contributed by atoms with van der Waals surface area (Å²) in [6.45, 7) is 29.6. The highest BCUT2D eigenvalue weighted by molar-refractivity contribution is 7.90. The first-order valence-corrected chi connectivity index (χ1v) is 25.1. The molecule has 26 heavy (non-hydrogen) atoms. The van der Waals surface area contributed by atoms with Crippen molar-refractivity contribution in [2.45, 2.75) is 78.3 Å². The van der Waals surface area contributed by atoms with Gasteiger partial charge < -0.3 is 4.74 Å². The lowest BCUT2D eigenvalue weighted by Crippen LogP contribution is -2.82. The molecule has 0 aromatic rings. The molecule has 1 saturated heterocycles. The zero-order valence-electron chi connectivity index (χ0n) is 18.8. The molecule has 1 amide bonds. The molecule has 0 spiro atoms. The highest BCUT2D eigenvalue weighted by Gasteiger charge is 2.60. The fraction of sp³-hybridized carbons (Fsp3) is 0.684. The average molecular weight is 426 g/mol. The van der Waals surface area contributed by atoms with Crippen molar-refractivity contribution in [2.75, 3.05) is 6.61 Å². The third-order valence-electron chi connectivity index (χ3n) is 5.76. The van der Waals surface area contributed by atoms with Gasteiger partial charge in [-0.15, -0.1) is 5.73 Å². The van der Waals surface area contributed by atoms with E-state index in [0.717, 1.165) is 5.70 Å². The standard InChI is InChI=1S/C19H39NO2Si4/c1-13-14-17(20-18(21)22-16-19(20,2)3)15-26(23(4,5)6,24(7,8)9)25(10,11)12/h14-15H,1,16H2,2-12H3/b17-15-. The molecular weight excluding hydrogens is 387 g/mol. The van der Waals surface area contributed by atoms with Crippen molar-refractivity contribution in [1.82, 2.24) is 4.90 Å². The predicted octanol–water partition coefficient (Wildman–Crippen LogP) is 5.68. The first-order valence-electron chi connectivity index (χ1n) is 9.48. The van der Waals surface area contributed by atoms with Gasteiger partial charge in [-0.2, -0.15) is 0 Å². The first kappa shape index (κ1) is 23.4. The molecule has 1 rings (SSSR count). The van der Waals surface area contributed by atoms with Gasteiger partial charge in [-0.1, -0.05) is 71.2 Å². The number of carbonyl (C=O) groups is 1. The van der Waals surface area contributed by atoms with Gasteiger partial charge >= 0.3 is 6.09 Å². The molecule has 0 N–H and O–H groups in total. The van der Waals surface area contributed by atoms with Crippen molar-refractivity contribution >= 4 is 35.5 Å². The molecule has 0 aliphatic carbocycles. The molecule has 0 aromatic carbocycles. The van der Waals surface area contributed by atoms with Gasteiger partial charge in [0, 0.05) is 34.5 Å². The quantitative estimate of drug-likeness (QED) is 0.311. The molecule has 1 aliphatic rings. The second kappa shape index (κ2) is 7.09. The van der Waals surface area contributed by atoms with Crippen LogP contribution in [0.25, 0.3) is 0 Å². The average Bonchev–Trinajstić information content (AvgIpc) is 2.64. The number of nitrogens with zero attached hydrogens (tertiary/aromatic N) is 1. The van der Waals surface area contributed by atoms with Crippen molar-refractivity contribution in [3.63, 3.8) is 0 Å².